The van der Waals surface area contributed by atoms with E-state index in [0.717, 1.165) is 0 Å². The van der Waals surface area contributed by atoms with Crippen molar-refractivity contribution in [3.8, 4) is 0 Å². The van der Waals surface area contributed by atoms with E-state index in [1.807, 2.05) is 0 Å². The van der Waals surface area contributed by atoms with Gasteiger partial charge in [-0.05, 0) is 13.0 Å². The molecule has 0 saturated carbocycles. The maximum absolute atomic E-state index is 11.0. The molecule has 0 fully saturated rings. The van der Waals surface area contributed by atoms with Crippen LogP contribution in [0.4, 0.5) is 11.4 Å². The van der Waals surface area contributed by atoms with Crippen LogP contribution in [0.25, 0.3) is 0 Å². The third kappa shape index (κ3) is 3.85. The Kier molecular flexibility index (Phi) is 4.79. The summed E-state index contributed by atoms with van der Waals surface area (Å²) >= 11 is 0. The van der Waals surface area contributed by atoms with Gasteiger partial charge in [-0.15, -0.1) is 0 Å². The summed E-state index contributed by atoms with van der Waals surface area (Å²) in [7, 11) is 1.28. The maximum Gasteiger partial charge on any atom is 0.311 e. The van der Waals surface area contributed by atoms with Crippen LogP contribution in [0.3, 0.4) is 0 Å². The summed E-state index contributed by atoms with van der Waals surface area (Å²) in [6.45, 7) is 1.62. The molecule has 0 aliphatic heterocycles. The van der Waals surface area contributed by atoms with Gasteiger partial charge < -0.3 is 4.74 Å². The predicted octanol–water partition coefficient (Wildman–Crippen LogP) is 1.95. The third-order valence-electron chi connectivity index (χ3n) is 2.10. The Hall–Kier alpha value is -2.44. The zero-order valence-electron chi connectivity index (χ0n) is 10.0. The average molecular weight is 251 g/mol. The van der Waals surface area contributed by atoms with Crippen LogP contribution in [0, 0.1) is 10.1 Å². The quantitative estimate of drug-likeness (QED) is 0.373. The molecule has 1 rings (SSSR count). The number of hydrogen-bond acceptors (Lipinski definition) is 6. The van der Waals surface area contributed by atoms with Gasteiger partial charge in [-0.25, -0.2) is 0 Å². The van der Waals surface area contributed by atoms with E-state index in [0.29, 0.717) is 5.71 Å². The topological polar surface area (TPSA) is 93.8 Å². The summed E-state index contributed by atoms with van der Waals surface area (Å²) < 4.78 is 4.48. The van der Waals surface area contributed by atoms with E-state index in [-0.39, 0.29) is 17.8 Å². The van der Waals surface area contributed by atoms with Crippen LogP contribution >= 0.6 is 0 Å². The highest BCUT2D eigenvalue weighted by Gasteiger charge is 2.11. The number of carbonyl (C=O) groups excluding carboxylic acids is 1. The zero-order chi connectivity index (χ0) is 13.5. The second-order valence-corrected chi connectivity index (χ2v) is 3.49. The van der Waals surface area contributed by atoms with E-state index in [9.17, 15) is 14.9 Å². The smallest absolute Gasteiger partial charge is 0.311 e. The lowest BCUT2D eigenvalue weighted by Crippen LogP contribution is -2.08. The predicted molar refractivity (Wildman–Crippen MR) is 66.5 cm³/mol. The van der Waals surface area contributed by atoms with Crippen molar-refractivity contribution in [1.82, 2.24) is 0 Å². The molecule has 0 spiro atoms. The number of nitrogens with zero attached hydrogens (tertiary/aromatic N) is 2. The number of benzene rings is 1. The number of esters is 1. The Morgan fingerprint density at radius 2 is 2.17 bits per heavy atom. The minimum Gasteiger partial charge on any atom is -0.469 e. The lowest BCUT2D eigenvalue weighted by molar-refractivity contribution is -0.384. The molecular formula is C11H13N3O4. The van der Waals surface area contributed by atoms with Crippen LogP contribution in [-0.4, -0.2) is 23.7 Å². The van der Waals surface area contributed by atoms with Gasteiger partial charge in [-0.1, -0.05) is 12.1 Å². The number of anilines is 1. The standard InChI is InChI=1S/C11H13N3O4/c1-8(7-11(15)18-2)12-13-9-5-3-4-6-10(9)14(16)17/h3-6,13H,7H2,1-2H3. The number of nitro benzene ring substituents is 1. The van der Waals surface area contributed by atoms with E-state index in [4.69, 9.17) is 0 Å². The molecule has 96 valence electrons. The maximum atomic E-state index is 11.0. The second kappa shape index (κ2) is 6.33. The zero-order valence-corrected chi connectivity index (χ0v) is 10.0. The summed E-state index contributed by atoms with van der Waals surface area (Å²) in [5.74, 6) is -0.416. The van der Waals surface area contributed by atoms with Gasteiger partial charge in [0.25, 0.3) is 5.69 Å². The number of hydrogen-bond donors (Lipinski definition) is 1. The molecule has 0 heterocycles. The Morgan fingerprint density at radius 3 is 2.78 bits per heavy atom. The molecule has 0 unspecified atom stereocenters. The number of nitro groups is 1. The molecule has 0 atom stereocenters. The molecular weight excluding hydrogens is 238 g/mol. The lowest BCUT2D eigenvalue weighted by Gasteiger charge is -2.03. The van der Waals surface area contributed by atoms with Crippen molar-refractivity contribution < 1.29 is 14.5 Å². The number of carbonyl (C=O) groups is 1. The number of nitrogens with one attached hydrogen (secondary N) is 1. The SMILES string of the molecule is COC(=O)CC(C)=NNc1ccccc1[N+](=O)[O-]. The number of ether oxygens (including phenoxy) is 1. The van der Waals surface area contributed by atoms with Gasteiger partial charge >= 0.3 is 5.97 Å². The first-order valence-corrected chi connectivity index (χ1v) is 5.14. The summed E-state index contributed by atoms with van der Waals surface area (Å²) in [5.41, 5.74) is 3.23. The second-order valence-electron chi connectivity index (χ2n) is 3.49. The minimum absolute atomic E-state index is 0.0319. The fraction of sp³-hybridized carbons (Fsp3) is 0.273. The fourth-order valence-electron chi connectivity index (χ4n) is 1.20. The average Bonchev–Trinajstić information content (AvgIpc) is 2.36. The highest BCUT2D eigenvalue weighted by Crippen LogP contribution is 2.22. The molecule has 0 aromatic heterocycles. The number of methoxy groups -OCH3 is 1. The van der Waals surface area contributed by atoms with Crippen LogP contribution in [0.5, 0.6) is 0 Å². The van der Waals surface area contributed by atoms with Gasteiger partial charge in [0, 0.05) is 11.8 Å². The monoisotopic (exact) mass is 251 g/mol. The van der Waals surface area contributed by atoms with Crippen molar-refractivity contribution in [2.75, 3.05) is 12.5 Å². The van der Waals surface area contributed by atoms with E-state index in [1.54, 1.807) is 19.1 Å². The van der Waals surface area contributed by atoms with E-state index in [1.165, 1.54) is 19.2 Å². The van der Waals surface area contributed by atoms with E-state index < -0.39 is 10.9 Å². The highest BCUT2D eigenvalue weighted by molar-refractivity contribution is 5.97. The van der Waals surface area contributed by atoms with Crippen molar-refractivity contribution in [2.45, 2.75) is 13.3 Å². The van der Waals surface area contributed by atoms with Crippen LogP contribution in [0.1, 0.15) is 13.3 Å². The van der Waals surface area contributed by atoms with Gasteiger partial charge in [-0.2, -0.15) is 5.10 Å². The van der Waals surface area contributed by atoms with Gasteiger partial charge in [0.05, 0.1) is 18.5 Å². The van der Waals surface area contributed by atoms with Crippen LogP contribution in [0.15, 0.2) is 29.4 Å². The summed E-state index contributed by atoms with van der Waals surface area (Å²) in [5, 5.41) is 14.6. The first kappa shape index (κ1) is 13.6. The van der Waals surface area contributed by atoms with Crippen molar-refractivity contribution in [3.63, 3.8) is 0 Å². The molecule has 18 heavy (non-hydrogen) atoms. The van der Waals surface area contributed by atoms with E-state index in [2.05, 4.69) is 15.3 Å². The largest absolute Gasteiger partial charge is 0.469 e. The van der Waals surface area contributed by atoms with Crippen LogP contribution < -0.4 is 5.43 Å². The Balaban J connectivity index is 2.76. The molecule has 1 aromatic rings. The van der Waals surface area contributed by atoms with Gasteiger partial charge in [0.15, 0.2) is 0 Å². The number of rotatable bonds is 5. The molecule has 0 aliphatic rings. The number of para-hydroxylation sites is 2. The van der Waals surface area contributed by atoms with Crippen molar-refractivity contribution >= 4 is 23.1 Å². The minimum atomic E-state index is -0.506. The third-order valence-corrected chi connectivity index (χ3v) is 2.10. The molecule has 1 aromatic carbocycles. The Morgan fingerprint density at radius 1 is 1.50 bits per heavy atom. The normalized spacial score (nSPS) is 10.9. The van der Waals surface area contributed by atoms with Gasteiger partial charge in [0.1, 0.15) is 5.69 Å². The van der Waals surface area contributed by atoms with Crippen molar-refractivity contribution in [2.24, 2.45) is 5.10 Å². The Labute approximate surface area is 104 Å². The molecule has 7 nitrogen and oxygen atoms in total. The van der Waals surface area contributed by atoms with Gasteiger partial charge in [0.2, 0.25) is 0 Å². The summed E-state index contributed by atoms with van der Waals surface area (Å²) in [6.07, 6.45) is 0.0319. The lowest BCUT2D eigenvalue weighted by atomic mass is 10.3. The van der Waals surface area contributed by atoms with Crippen LogP contribution in [0.2, 0.25) is 0 Å². The van der Waals surface area contributed by atoms with Crippen molar-refractivity contribution in [3.05, 3.63) is 34.4 Å². The number of hydrazone groups is 1. The first-order valence-electron chi connectivity index (χ1n) is 5.14. The van der Waals surface area contributed by atoms with Gasteiger partial charge in [-0.3, -0.25) is 20.3 Å². The Bertz CT molecular complexity index is 485. The van der Waals surface area contributed by atoms with Crippen LogP contribution in [-0.2, 0) is 9.53 Å². The highest BCUT2D eigenvalue weighted by atomic mass is 16.6. The molecule has 0 bridgehead atoms. The fourth-order valence-corrected chi connectivity index (χ4v) is 1.20. The molecule has 0 aliphatic carbocycles. The summed E-state index contributed by atoms with van der Waals surface area (Å²) in [6, 6.07) is 6.12. The molecule has 0 saturated heterocycles. The first-order chi connectivity index (χ1) is 8.54. The molecule has 0 radical (unpaired) electrons. The molecule has 7 heteroatoms. The molecule has 0 amide bonds. The molecule has 1 N–H and O–H groups in total. The summed E-state index contributed by atoms with van der Waals surface area (Å²) in [4.78, 5) is 21.2. The van der Waals surface area contributed by atoms with E-state index >= 15 is 0 Å². The van der Waals surface area contributed by atoms with Crippen molar-refractivity contribution in [1.29, 1.82) is 0 Å².